The number of benzene rings is 2. The molecule has 1 N–H and O–H groups in total. The number of aryl methyl sites for hydroxylation is 1. The number of hydrogen-bond acceptors (Lipinski definition) is 2. The van der Waals surface area contributed by atoms with Crippen LogP contribution in [0.5, 0.6) is 0 Å². The molecule has 0 spiro atoms. The van der Waals surface area contributed by atoms with E-state index in [0.717, 1.165) is 50.5 Å². The number of rotatable bonds is 13. The Bertz CT molecular complexity index is 927. The predicted octanol–water partition coefficient (Wildman–Crippen LogP) is 9.74. The van der Waals surface area contributed by atoms with Crippen LogP contribution in [-0.4, -0.2) is 10.9 Å². The van der Waals surface area contributed by atoms with E-state index in [1.807, 2.05) is 12.1 Å². The van der Waals surface area contributed by atoms with Crippen LogP contribution in [0.25, 0.3) is 6.08 Å². The molecule has 0 bridgehead atoms. The third-order valence-electron chi connectivity index (χ3n) is 7.66. The summed E-state index contributed by atoms with van der Waals surface area (Å²) in [5.74, 6) is 0.819. The Kier molecular flexibility index (Phi) is 11.1. The molecule has 0 atom stereocenters. The molecular formula is C32H46O2. The van der Waals surface area contributed by atoms with Gasteiger partial charge in [-0.25, -0.2) is 0 Å². The lowest BCUT2D eigenvalue weighted by Crippen LogP contribution is -2.09. The van der Waals surface area contributed by atoms with Gasteiger partial charge in [-0.2, -0.15) is 0 Å². The molecule has 2 nitrogen and oxygen atoms in total. The topological polar surface area (TPSA) is 37.3 Å². The number of carbonyl (C=O) groups is 1. The molecule has 2 aromatic rings. The SMILES string of the molecule is CCc1ccc(C(CC)CC)c(/C=C(\O)C(=O)c2cc(C(CC)CC)cc(C(CC)CC)c2)c1. The first-order chi connectivity index (χ1) is 16.4. The molecular weight excluding hydrogens is 416 g/mol. The Hall–Kier alpha value is -2.35. The van der Waals surface area contributed by atoms with E-state index in [0.29, 0.717) is 23.3 Å². The van der Waals surface area contributed by atoms with Crippen LogP contribution in [0.3, 0.4) is 0 Å². The lowest BCUT2D eigenvalue weighted by Gasteiger charge is -2.20. The Morgan fingerprint density at radius 3 is 1.68 bits per heavy atom. The lowest BCUT2D eigenvalue weighted by atomic mass is 9.85. The molecule has 0 aliphatic rings. The van der Waals surface area contributed by atoms with E-state index in [-0.39, 0.29) is 11.5 Å². The van der Waals surface area contributed by atoms with Crippen molar-refractivity contribution in [1.82, 2.24) is 0 Å². The van der Waals surface area contributed by atoms with E-state index in [1.165, 1.54) is 22.3 Å². The van der Waals surface area contributed by atoms with Crippen LogP contribution in [0.4, 0.5) is 0 Å². The second-order valence-electron chi connectivity index (χ2n) is 9.60. The first-order valence-corrected chi connectivity index (χ1v) is 13.6. The van der Waals surface area contributed by atoms with Gasteiger partial charge < -0.3 is 5.11 Å². The standard InChI is InChI=1S/C32H46O2/c1-8-22-15-16-30(25(13-6)14-7)28(17-22)21-31(33)32(34)29-19-26(23(9-2)10-3)18-27(20-29)24(11-4)12-5/h15-21,23-25,33H,8-14H2,1-7H3/b31-21-. The van der Waals surface area contributed by atoms with Crippen molar-refractivity contribution in [2.24, 2.45) is 0 Å². The van der Waals surface area contributed by atoms with Crippen molar-refractivity contribution < 1.29 is 9.90 Å². The quantitative estimate of drug-likeness (QED) is 0.183. The van der Waals surface area contributed by atoms with Crippen LogP contribution in [0.1, 0.15) is 143 Å². The Labute approximate surface area is 208 Å². The van der Waals surface area contributed by atoms with Crippen LogP contribution < -0.4 is 0 Å². The zero-order valence-corrected chi connectivity index (χ0v) is 22.6. The molecule has 2 heteroatoms. The third kappa shape index (κ3) is 6.62. The molecule has 34 heavy (non-hydrogen) atoms. The zero-order chi connectivity index (χ0) is 25.3. The van der Waals surface area contributed by atoms with E-state index >= 15 is 0 Å². The van der Waals surface area contributed by atoms with Crippen LogP contribution in [-0.2, 0) is 6.42 Å². The van der Waals surface area contributed by atoms with Crippen molar-refractivity contribution in [3.63, 3.8) is 0 Å². The number of aliphatic hydroxyl groups is 1. The summed E-state index contributed by atoms with van der Waals surface area (Å²) in [5, 5.41) is 11.0. The highest BCUT2D eigenvalue weighted by Gasteiger charge is 2.20. The first kappa shape index (κ1) is 27.9. The molecule has 0 aliphatic heterocycles. The van der Waals surface area contributed by atoms with Crippen molar-refractivity contribution in [2.75, 3.05) is 0 Å². The minimum atomic E-state index is -0.280. The Morgan fingerprint density at radius 1 is 0.735 bits per heavy atom. The van der Waals surface area contributed by atoms with Crippen LogP contribution in [0.15, 0.2) is 42.2 Å². The number of aliphatic hydroxyl groups excluding tert-OH is 1. The van der Waals surface area contributed by atoms with Gasteiger partial charge in [-0.05, 0) is 109 Å². The Morgan fingerprint density at radius 2 is 1.24 bits per heavy atom. The van der Waals surface area contributed by atoms with Crippen LogP contribution in [0, 0.1) is 0 Å². The summed E-state index contributed by atoms with van der Waals surface area (Å²) >= 11 is 0. The molecule has 2 rings (SSSR count). The normalized spacial score (nSPS) is 12.2. The second-order valence-corrected chi connectivity index (χ2v) is 9.60. The molecule has 0 radical (unpaired) electrons. The zero-order valence-electron chi connectivity index (χ0n) is 22.6. The van der Waals surface area contributed by atoms with Gasteiger partial charge in [0.2, 0.25) is 5.78 Å². The number of hydrogen-bond donors (Lipinski definition) is 1. The summed E-state index contributed by atoms with van der Waals surface area (Å²) in [6.07, 6.45) is 8.87. The third-order valence-corrected chi connectivity index (χ3v) is 7.66. The Balaban J connectivity index is 2.58. The number of ketones is 1. The summed E-state index contributed by atoms with van der Waals surface area (Å²) < 4.78 is 0. The first-order valence-electron chi connectivity index (χ1n) is 13.6. The van der Waals surface area contributed by atoms with E-state index in [2.05, 4.69) is 72.7 Å². The molecule has 0 unspecified atom stereocenters. The smallest absolute Gasteiger partial charge is 0.227 e. The largest absolute Gasteiger partial charge is 0.504 e. The average molecular weight is 463 g/mol. The predicted molar refractivity (Wildman–Crippen MR) is 147 cm³/mol. The molecule has 2 aromatic carbocycles. The fourth-order valence-corrected chi connectivity index (χ4v) is 5.23. The number of Topliss-reactive ketones (excluding diaryl/α,β-unsaturated/α-hetero) is 1. The van der Waals surface area contributed by atoms with Crippen molar-refractivity contribution in [3.8, 4) is 0 Å². The molecule has 186 valence electrons. The van der Waals surface area contributed by atoms with Gasteiger partial charge in [-0.1, -0.05) is 72.7 Å². The van der Waals surface area contributed by atoms with Crippen molar-refractivity contribution >= 4 is 11.9 Å². The number of carbonyl (C=O) groups excluding carboxylic acids is 1. The van der Waals surface area contributed by atoms with Gasteiger partial charge in [0, 0.05) is 5.56 Å². The number of allylic oxidation sites excluding steroid dienone is 1. The van der Waals surface area contributed by atoms with E-state index < -0.39 is 0 Å². The van der Waals surface area contributed by atoms with E-state index in [9.17, 15) is 9.90 Å². The highest BCUT2D eigenvalue weighted by atomic mass is 16.3. The summed E-state index contributed by atoms with van der Waals surface area (Å²) in [4.78, 5) is 13.5. The average Bonchev–Trinajstić information content (AvgIpc) is 2.86. The second kappa shape index (κ2) is 13.5. The molecule has 0 heterocycles. The van der Waals surface area contributed by atoms with Crippen LogP contribution >= 0.6 is 0 Å². The van der Waals surface area contributed by atoms with Gasteiger partial charge in [0.25, 0.3) is 0 Å². The van der Waals surface area contributed by atoms with Gasteiger partial charge in [0.15, 0.2) is 5.76 Å². The highest BCUT2D eigenvalue weighted by molar-refractivity contribution is 6.09. The van der Waals surface area contributed by atoms with Gasteiger partial charge >= 0.3 is 0 Å². The van der Waals surface area contributed by atoms with Crippen molar-refractivity contribution in [3.05, 3.63) is 75.5 Å². The molecule has 0 aromatic heterocycles. The monoisotopic (exact) mass is 462 g/mol. The molecule has 0 amide bonds. The molecule has 0 saturated carbocycles. The molecule has 0 saturated heterocycles. The van der Waals surface area contributed by atoms with Crippen molar-refractivity contribution in [2.45, 2.75) is 111 Å². The van der Waals surface area contributed by atoms with Gasteiger partial charge in [-0.15, -0.1) is 0 Å². The molecule has 0 fully saturated rings. The van der Waals surface area contributed by atoms with E-state index in [4.69, 9.17) is 0 Å². The maximum Gasteiger partial charge on any atom is 0.227 e. The fraction of sp³-hybridized carbons (Fsp3) is 0.531. The summed E-state index contributed by atoms with van der Waals surface area (Å²) in [6.45, 7) is 15.3. The summed E-state index contributed by atoms with van der Waals surface area (Å²) in [5.41, 5.74) is 6.44. The minimum Gasteiger partial charge on any atom is -0.504 e. The van der Waals surface area contributed by atoms with E-state index in [1.54, 1.807) is 6.08 Å². The summed E-state index contributed by atoms with van der Waals surface area (Å²) in [7, 11) is 0. The van der Waals surface area contributed by atoms with Crippen molar-refractivity contribution in [1.29, 1.82) is 0 Å². The van der Waals surface area contributed by atoms with Gasteiger partial charge in [-0.3, -0.25) is 4.79 Å². The summed E-state index contributed by atoms with van der Waals surface area (Å²) in [6, 6.07) is 12.8. The fourth-order valence-electron chi connectivity index (χ4n) is 5.23. The van der Waals surface area contributed by atoms with Crippen LogP contribution in [0.2, 0.25) is 0 Å². The van der Waals surface area contributed by atoms with Gasteiger partial charge in [0.1, 0.15) is 0 Å². The maximum absolute atomic E-state index is 13.5. The maximum atomic E-state index is 13.5. The molecule has 0 aliphatic carbocycles. The lowest BCUT2D eigenvalue weighted by molar-refractivity contribution is 0.0980. The van der Waals surface area contributed by atoms with Gasteiger partial charge in [0.05, 0.1) is 0 Å². The minimum absolute atomic E-state index is 0.169. The highest BCUT2D eigenvalue weighted by Crippen LogP contribution is 2.32.